The molecule has 0 radical (unpaired) electrons. The van der Waals surface area contributed by atoms with Crippen molar-refractivity contribution in [2.45, 2.75) is 6.92 Å². The number of nitriles is 1. The maximum Gasteiger partial charge on any atom is 0.262 e. The van der Waals surface area contributed by atoms with Gasteiger partial charge in [0.1, 0.15) is 17.4 Å². The fourth-order valence-corrected chi connectivity index (χ4v) is 2.42. The smallest absolute Gasteiger partial charge is 0.262 e. The van der Waals surface area contributed by atoms with E-state index < -0.39 is 5.91 Å². The first-order valence-electron chi connectivity index (χ1n) is 7.54. The van der Waals surface area contributed by atoms with Crippen molar-refractivity contribution in [3.05, 3.63) is 59.9 Å². The van der Waals surface area contributed by atoms with E-state index in [2.05, 4.69) is 5.32 Å². The lowest BCUT2D eigenvalue weighted by Crippen LogP contribution is -2.21. The van der Waals surface area contributed by atoms with Crippen LogP contribution in [0.4, 0.5) is 5.69 Å². The lowest BCUT2D eigenvalue weighted by molar-refractivity contribution is -0.118. The monoisotopic (exact) mass is 334 g/mol. The lowest BCUT2D eigenvalue weighted by Gasteiger charge is -2.08. The normalized spacial score (nSPS) is 10.2. The number of rotatable bonds is 5. The number of hydrogen-bond donors (Lipinski definition) is 1. The molecule has 0 spiro atoms. The molecule has 0 fully saturated rings. The second-order valence-electron chi connectivity index (χ2n) is 5.30. The zero-order valence-electron chi connectivity index (χ0n) is 13.4. The highest BCUT2D eigenvalue weighted by molar-refractivity contribution is 6.11. The molecule has 1 amide bonds. The summed E-state index contributed by atoms with van der Waals surface area (Å²) >= 11 is 0. The number of anilines is 1. The SMILES string of the molecule is CC(=O)c1oc2ccccc2c1NC(=O)COc1ccccc1C#N. The molecule has 3 rings (SSSR count). The third-order valence-electron chi connectivity index (χ3n) is 3.55. The van der Waals surface area contributed by atoms with E-state index in [-0.39, 0.29) is 18.2 Å². The number of carbonyl (C=O) groups excluding carboxylic acids is 2. The van der Waals surface area contributed by atoms with E-state index in [1.54, 1.807) is 48.5 Å². The number of carbonyl (C=O) groups is 2. The van der Waals surface area contributed by atoms with Crippen LogP contribution in [0.1, 0.15) is 23.0 Å². The van der Waals surface area contributed by atoms with Gasteiger partial charge < -0.3 is 14.5 Å². The number of ether oxygens (including phenoxy) is 1. The van der Waals surface area contributed by atoms with Gasteiger partial charge in [0.2, 0.25) is 0 Å². The molecule has 0 bridgehead atoms. The van der Waals surface area contributed by atoms with Gasteiger partial charge in [-0.25, -0.2) is 0 Å². The molecule has 1 aromatic heterocycles. The number of furan rings is 1. The topological polar surface area (TPSA) is 92.3 Å². The molecule has 25 heavy (non-hydrogen) atoms. The summed E-state index contributed by atoms with van der Waals surface area (Å²) in [6.45, 7) is 1.07. The Bertz CT molecular complexity index is 998. The van der Waals surface area contributed by atoms with Gasteiger partial charge in [-0.3, -0.25) is 9.59 Å². The molecule has 2 aromatic carbocycles. The Morgan fingerprint density at radius 3 is 2.64 bits per heavy atom. The van der Waals surface area contributed by atoms with Crippen molar-refractivity contribution in [1.29, 1.82) is 5.26 Å². The Morgan fingerprint density at radius 2 is 1.88 bits per heavy atom. The molecule has 0 unspecified atom stereocenters. The highest BCUT2D eigenvalue weighted by Gasteiger charge is 2.19. The van der Waals surface area contributed by atoms with Gasteiger partial charge >= 0.3 is 0 Å². The van der Waals surface area contributed by atoms with E-state index in [0.717, 1.165) is 0 Å². The van der Waals surface area contributed by atoms with Gasteiger partial charge in [0.25, 0.3) is 5.91 Å². The molecule has 6 heteroatoms. The van der Waals surface area contributed by atoms with Crippen LogP contribution in [0, 0.1) is 11.3 Å². The molecule has 0 aliphatic heterocycles. The van der Waals surface area contributed by atoms with Crippen LogP contribution >= 0.6 is 0 Å². The molecule has 0 atom stereocenters. The minimum absolute atomic E-state index is 0.0898. The summed E-state index contributed by atoms with van der Waals surface area (Å²) in [5.41, 5.74) is 1.18. The first-order valence-corrected chi connectivity index (χ1v) is 7.54. The summed E-state index contributed by atoms with van der Waals surface area (Å²) in [6, 6.07) is 15.7. The van der Waals surface area contributed by atoms with Gasteiger partial charge in [-0.1, -0.05) is 24.3 Å². The number of benzene rings is 2. The lowest BCUT2D eigenvalue weighted by atomic mass is 10.2. The van der Waals surface area contributed by atoms with Crippen LogP contribution in [0.3, 0.4) is 0 Å². The molecule has 124 valence electrons. The highest BCUT2D eigenvalue weighted by atomic mass is 16.5. The minimum Gasteiger partial charge on any atom is -0.482 e. The van der Waals surface area contributed by atoms with Gasteiger partial charge in [0.05, 0.1) is 11.3 Å². The second-order valence-corrected chi connectivity index (χ2v) is 5.30. The third kappa shape index (κ3) is 3.35. The molecule has 1 heterocycles. The predicted molar refractivity (Wildman–Crippen MR) is 91.5 cm³/mol. The first kappa shape index (κ1) is 16.3. The number of para-hydroxylation sites is 2. The quantitative estimate of drug-likeness (QED) is 0.721. The number of ketones is 1. The maximum absolute atomic E-state index is 12.2. The summed E-state index contributed by atoms with van der Waals surface area (Å²) in [5, 5.41) is 12.3. The van der Waals surface area contributed by atoms with E-state index in [1.807, 2.05) is 6.07 Å². The zero-order valence-corrected chi connectivity index (χ0v) is 13.4. The number of fused-ring (bicyclic) bond motifs is 1. The van der Waals surface area contributed by atoms with Crippen molar-refractivity contribution in [1.82, 2.24) is 0 Å². The number of Topliss-reactive ketones (excluding diaryl/α,β-unsaturated/α-hetero) is 1. The molecule has 1 N–H and O–H groups in total. The van der Waals surface area contributed by atoms with Crippen molar-refractivity contribution < 1.29 is 18.7 Å². The van der Waals surface area contributed by atoms with E-state index in [4.69, 9.17) is 14.4 Å². The van der Waals surface area contributed by atoms with Crippen molar-refractivity contribution >= 4 is 28.3 Å². The van der Waals surface area contributed by atoms with Crippen LogP contribution in [0.25, 0.3) is 11.0 Å². The Morgan fingerprint density at radius 1 is 1.16 bits per heavy atom. The number of amides is 1. The van der Waals surface area contributed by atoms with Crippen molar-refractivity contribution in [2.75, 3.05) is 11.9 Å². The van der Waals surface area contributed by atoms with Crippen LogP contribution in [-0.4, -0.2) is 18.3 Å². The Labute approximate surface area is 143 Å². The largest absolute Gasteiger partial charge is 0.482 e. The van der Waals surface area contributed by atoms with Crippen LogP contribution in [0.15, 0.2) is 52.9 Å². The number of nitrogens with one attached hydrogen (secondary N) is 1. The minimum atomic E-state index is -0.457. The van der Waals surface area contributed by atoms with E-state index in [9.17, 15) is 9.59 Å². The standard InChI is InChI=1S/C19H14N2O4/c1-12(22)19-18(14-7-3-5-9-16(14)25-19)21-17(23)11-24-15-8-4-2-6-13(15)10-20/h2-9H,11H2,1H3,(H,21,23). The average molecular weight is 334 g/mol. The fraction of sp³-hybridized carbons (Fsp3) is 0.105. The van der Waals surface area contributed by atoms with Crippen LogP contribution in [0.5, 0.6) is 5.75 Å². The van der Waals surface area contributed by atoms with Crippen LogP contribution < -0.4 is 10.1 Å². The first-order chi connectivity index (χ1) is 12.1. The van der Waals surface area contributed by atoms with Crippen molar-refractivity contribution in [2.24, 2.45) is 0 Å². The van der Waals surface area contributed by atoms with Gasteiger partial charge in [-0.15, -0.1) is 0 Å². The van der Waals surface area contributed by atoms with E-state index in [1.165, 1.54) is 6.92 Å². The van der Waals surface area contributed by atoms with E-state index in [0.29, 0.717) is 28.0 Å². The summed E-state index contributed by atoms with van der Waals surface area (Å²) in [5.74, 6) is -0.333. The molecule has 0 saturated carbocycles. The highest BCUT2D eigenvalue weighted by Crippen LogP contribution is 2.31. The Hall–Kier alpha value is -3.59. The fourth-order valence-electron chi connectivity index (χ4n) is 2.42. The zero-order chi connectivity index (χ0) is 17.8. The summed E-state index contributed by atoms with van der Waals surface area (Å²) in [4.78, 5) is 24.0. The van der Waals surface area contributed by atoms with Gasteiger partial charge in [-0.05, 0) is 24.3 Å². The van der Waals surface area contributed by atoms with Gasteiger partial charge in [0, 0.05) is 12.3 Å². The number of hydrogen-bond acceptors (Lipinski definition) is 5. The van der Waals surface area contributed by atoms with Crippen molar-refractivity contribution in [3.63, 3.8) is 0 Å². The second kappa shape index (κ2) is 6.89. The summed E-state index contributed by atoms with van der Waals surface area (Å²) in [7, 11) is 0. The third-order valence-corrected chi connectivity index (χ3v) is 3.55. The number of nitrogens with zero attached hydrogens (tertiary/aromatic N) is 1. The maximum atomic E-state index is 12.2. The Kier molecular flexibility index (Phi) is 4.48. The van der Waals surface area contributed by atoms with Crippen molar-refractivity contribution in [3.8, 4) is 11.8 Å². The summed E-state index contributed by atoms with van der Waals surface area (Å²) < 4.78 is 10.9. The van der Waals surface area contributed by atoms with Gasteiger partial charge in [0.15, 0.2) is 18.2 Å². The van der Waals surface area contributed by atoms with Crippen LogP contribution in [0.2, 0.25) is 0 Å². The predicted octanol–water partition coefficient (Wildman–Crippen LogP) is 3.52. The summed E-state index contributed by atoms with van der Waals surface area (Å²) in [6.07, 6.45) is 0. The molecule has 3 aromatic rings. The molecule has 0 aliphatic carbocycles. The van der Waals surface area contributed by atoms with Crippen LogP contribution in [-0.2, 0) is 4.79 Å². The average Bonchev–Trinajstić information content (AvgIpc) is 2.99. The molecular weight excluding hydrogens is 320 g/mol. The molecular formula is C19H14N2O4. The van der Waals surface area contributed by atoms with E-state index >= 15 is 0 Å². The van der Waals surface area contributed by atoms with Gasteiger partial charge in [-0.2, -0.15) is 5.26 Å². The molecule has 0 saturated heterocycles. The Balaban J connectivity index is 1.79. The molecule has 6 nitrogen and oxygen atoms in total. The molecule has 0 aliphatic rings.